The lowest BCUT2D eigenvalue weighted by Gasteiger charge is -2.02. The smallest absolute Gasteiger partial charge is 0.160 e. The molecule has 6 heteroatoms. The molecule has 0 saturated heterocycles. The van der Waals surface area contributed by atoms with Gasteiger partial charge in [0.15, 0.2) is 11.5 Å². The van der Waals surface area contributed by atoms with Crippen molar-refractivity contribution < 1.29 is 9.84 Å². The first-order valence-electron chi connectivity index (χ1n) is 4.55. The third-order valence-corrected chi connectivity index (χ3v) is 1.95. The maximum Gasteiger partial charge on any atom is 0.160 e. The van der Waals surface area contributed by atoms with Crippen molar-refractivity contribution in [3.8, 4) is 11.5 Å². The number of methoxy groups -OCH3 is 1. The van der Waals surface area contributed by atoms with Crippen molar-refractivity contribution in [2.24, 2.45) is 5.10 Å². The number of hydrogen-bond acceptors (Lipinski definition) is 5. The Labute approximate surface area is 91.8 Å². The van der Waals surface area contributed by atoms with Crippen LogP contribution in [-0.2, 0) is 0 Å². The molecule has 2 aromatic rings. The molecule has 1 aromatic heterocycles. The minimum Gasteiger partial charge on any atom is -0.504 e. The van der Waals surface area contributed by atoms with Gasteiger partial charge in [0.05, 0.1) is 13.3 Å². The van der Waals surface area contributed by atoms with Crippen LogP contribution in [0.5, 0.6) is 11.5 Å². The van der Waals surface area contributed by atoms with E-state index in [0.29, 0.717) is 5.75 Å². The second kappa shape index (κ2) is 4.43. The lowest BCUT2D eigenvalue weighted by atomic mass is 10.2. The summed E-state index contributed by atoms with van der Waals surface area (Å²) in [7, 11) is 1.50. The molecule has 0 aliphatic carbocycles. The molecule has 82 valence electrons. The summed E-state index contributed by atoms with van der Waals surface area (Å²) in [6.07, 6.45) is 4.53. The average molecular weight is 218 g/mol. The van der Waals surface area contributed by atoms with Gasteiger partial charge in [-0.25, -0.2) is 4.68 Å². The average Bonchev–Trinajstić information content (AvgIpc) is 2.79. The second-order valence-electron chi connectivity index (χ2n) is 3.02. The minimum absolute atomic E-state index is 0.0789. The quantitative estimate of drug-likeness (QED) is 0.776. The normalized spacial score (nSPS) is 10.8. The Kier molecular flexibility index (Phi) is 2.81. The van der Waals surface area contributed by atoms with Crippen LogP contribution in [0.2, 0.25) is 0 Å². The molecule has 1 N–H and O–H groups in total. The van der Waals surface area contributed by atoms with Gasteiger partial charge in [-0.1, -0.05) is 0 Å². The molecule has 1 heterocycles. The van der Waals surface area contributed by atoms with Gasteiger partial charge in [0.2, 0.25) is 0 Å². The SMILES string of the molecule is COc1ccc(/C=N\n2cnnc2)cc1O. The van der Waals surface area contributed by atoms with Crippen LogP contribution in [0.25, 0.3) is 0 Å². The van der Waals surface area contributed by atoms with E-state index in [1.165, 1.54) is 24.4 Å². The van der Waals surface area contributed by atoms with Gasteiger partial charge >= 0.3 is 0 Å². The third-order valence-electron chi connectivity index (χ3n) is 1.95. The van der Waals surface area contributed by atoms with Crippen LogP contribution in [0.4, 0.5) is 0 Å². The molecule has 0 aliphatic rings. The van der Waals surface area contributed by atoms with E-state index in [0.717, 1.165) is 5.56 Å². The lowest BCUT2D eigenvalue weighted by molar-refractivity contribution is 0.373. The highest BCUT2D eigenvalue weighted by Crippen LogP contribution is 2.25. The summed E-state index contributed by atoms with van der Waals surface area (Å²) in [5.41, 5.74) is 0.756. The van der Waals surface area contributed by atoms with Gasteiger partial charge in [-0.05, 0) is 23.8 Å². The number of benzene rings is 1. The molecule has 0 saturated carbocycles. The van der Waals surface area contributed by atoms with Crippen molar-refractivity contribution in [1.82, 2.24) is 14.9 Å². The van der Waals surface area contributed by atoms with Gasteiger partial charge in [-0.15, -0.1) is 10.2 Å². The van der Waals surface area contributed by atoms with Gasteiger partial charge in [-0.3, -0.25) is 0 Å². The van der Waals surface area contributed by atoms with E-state index in [1.54, 1.807) is 24.4 Å². The zero-order valence-corrected chi connectivity index (χ0v) is 8.61. The van der Waals surface area contributed by atoms with Crippen molar-refractivity contribution in [3.63, 3.8) is 0 Å². The molecule has 16 heavy (non-hydrogen) atoms. The predicted molar refractivity (Wildman–Crippen MR) is 57.7 cm³/mol. The van der Waals surface area contributed by atoms with Crippen LogP contribution in [0, 0.1) is 0 Å². The number of phenolic OH excluding ortho intramolecular Hbond substituents is 1. The van der Waals surface area contributed by atoms with E-state index in [9.17, 15) is 5.11 Å². The molecule has 0 amide bonds. The van der Waals surface area contributed by atoms with Gasteiger partial charge < -0.3 is 9.84 Å². The largest absolute Gasteiger partial charge is 0.504 e. The van der Waals surface area contributed by atoms with Gasteiger partial charge in [0, 0.05) is 0 Å². The topological polar surface area (TPSA) is 72.5 Å². The molecule has 0 unspecified atom stereocenters. The highest BCUT2D eigenvalue weighted by molar-refractivity contribution is 5.80. The number of hydrogen-bond donors (Lipinski definition) is 1. The number of rotatable bonds is 3. The van der Waals surface area contributed by atoms with Crippen molar-refractivity contribution in [2.75, 3.05) is 7.11 Å². The molecule has 0 aliphatic heterocycles. The Morgan fingerprint density at radius 3 is 2.75 bits per heavy atom. The van der Waals surface area contributed by atoms with Crippen LogP contribution in [0.15, 0.2) is 36.0 Å². The molecular weight excluding hydrogens is 208 g/mol. The second-order valence-corrected chi connectivity index (χ2v) is 3.02. The first kappa shape index (κ1) is 10.2. The summed E-state index contributed by atoms with van der Waals surface area (Å²) in [6, 6.07) is 5.02. The van der Waals surface area contributed by atoms with E-state index in [-0.39, 0.29) is 5.75 Å². The van der Waals surface area contributed by atoms with Crippen molar-refractivity contribution in [2.45, 2.75) is 0 Å². The molecule has 0 atom stereocenters. The van der Waals surface area contributed by atoms with Crippen molar-refractivity contribution >= 4 is 6.21 Å². The fourth-order valence-corrected chi connectivity index (χ4v) is 1.18. The van der Waals surface area contributed by atoms with E-state index in [2.05, 4.69) is 15.3 Å². The number of aromatic hydroxyl groups is 1. The predicted octanol–water partition coefficient (Wildman–Crippen LogP) is 0.874. The maximum absolute atomic E-state index is 9.53. The van der Waals surface area contributed by atoms with Gasteiger partial charge in [0.1, 0.15) is 12.7 Å². The monoisotopic (exact) mass is 218 g/mol. The number of ether oxygens (including phenoxy) is 1. The Hall–Kier alpha value is -2.37. The molecular formula is C10H10N4O2. The molecule has 0 fully saturated rings. The summed E-state index contributed by atoms with van der Waals surface area (Å²) in [4.78, 5) is 0. The van der Waals surface area contributed by atoms with Gasteiger partial charge in [0.25, 0.3) is 0 Å². The Balaban J connectivity index is 2.19. The summed E-state index contributed by atoms with van der Waals surface area (Å²) in [5, 5.41) is 20.8. The molecule has 6 nitrogen and oxygen atoms in total. The highest BCUT2D eigenvalue weighted by atomic mass is 16.5. The summed E-state index contributed by atoms with van der Waals surface area (Å²) in [6.45, 7) is 0. The molecule has 0 bridgehead atoms. The maximum atomic E-state index is 9.53. The summed E-state index contributed by atoms with van der Waals surface area (Å²) in [5.74, 6) is 0.511. The molecule has 1 aromatic carbocycles. The van der Waals surface area contributed by atoms with Crippen LogP contribution >= 0.6 is 0 Å². The van der Waals surface area contributed by atoms with E-state index < -0.39 is 0 Å². The fraction of sp³-hybridized carbons (Fsp3) is 0.100. The van der Waals surface area contributed by atoms with Gasteiger partial charge in [-0.2, -0.15) is 5.10 Å². The standard InChI is InChI=1S/C10H10N4O2/c1-16-10-3-2-8(4-9(10)15)5-13-14-6-11-12-7-14/h2-7,15H,1H3/b13-5-. The van der Waals surface area contributed by atoms with Crippen LogP contribution in [0.3, 0.4) is 0 Å². The Morgan fingerprint density at radius 1 is 1.38 bits per heavy atom. The first-order chi connectivity index (χ1) is 7.79. The number of nitrogens with zero attached hydrogens (tertiary/aromatic N) is 4. The zero-order chi connectivity index (χ0) is 11.4. The van der Waals surface area contributed by atoms with E-state index >= 15 is 0 Å². The zero-order valence-electron chi connectivity index (χ0n) is 8.61. The van der Waals surface area contributed by atoms with Crippen LogP contribution in [0.1, 0.15) is 5.56 Å². The molecule has 0 radical (unpaired) electrons. The Morgan fingerprint density at radius 2 is 2.12 bits per heavy atom. The van der Waals surface area contributed by atoms with E-state index in [4.69, 9.17) is 4.74 Å². The number of phenols is 1. The van der Waals surface area contributed by atoms with Crippen LogP contribution < -0.4 is 4.74 Å². The summed E-state index contributed by atoms with van der Waals surface area (Å²) >= 11 is 0. The number of aromatic nitrogens is 3. The lowest BCUT2D eigenvalue weighted by Crippen LogP contribution is -1.89. The van der Waals surface area contributed by atoms with Crippen molar-refractivity contribution in [3.05, 3.63) is 36.4 Å². The minimum atomic E-state index is 0.0789. The molecule has 0 spiro atoms. The van der Waals surface area contributed by atoms with Crippen molar-refractivity contribution in [1.29, 1.82) is 0 Å². The van der Waals surface area contributed by atoms with E-state index in [1.807, 2.05) is 0 Å². The first-order valence-corrected chi connectivity index (χ1v) is 4.55. The molecule has 2 rings (SSSR count). The third kappa shape index (κ3) is 2.17. The highest BCUT2D eigenvalue weighted by Gasteiger charge is 2.00. The van der Waals surface area contributed by atoms with Crippen LogP contribution in [-0.4, -0.2) is 33.3 Å². The fourth-order valence-electron chi connectivity index (χ4n) is 1.18. The Bertz CT molecular complexity index is 494. The summed E-state index contributed by atoms with van der Waals surface area (Å²) < 4.78 is 6.39.